The Morgan fingerprint density at radius 1 is 0.692 bits per heavy atom. The number of nitrogens with zero attached hydrogens (tertiary/aromatic N) is 1. The highest BCUT2D eigenvalue weighted by molar-refractivity contribution is 5.01. The van der Waals surface area contributed by atoms with Crippen LogP contribution in [-0.4, -0.2) is 0 Å². The van der Waals surface area contributed by atoms with Gasteiger partial charge in [-0.05, 0) is 56.3 Å². The molecular weight excluding hydrogens is 314 g/mol. The van der Waals surface area contributed by atoms with Crippen molar-refractivity contribution in [3.63, 3.8) is 0 Å². The second-order valence-corrected chi connectivity index (χ2v) is 9.75. The third-order valence-corrected chi connectivity index (χ3v) is 7.73. The van der Waals surface area contributed by atoms with E-state index in [0.717, 1.165) is 17.8 Å². The molecule has 0 saturated heterocycles. The fourth-order valence-corrected chi connectivity index (χ4v) is 5.58. The van der Waals surface area contributed by atoms with Crippen LogP contribution in [0.4, 0.5) is 0 Å². The van der Waals surface area contributed by atoms with E-state index in [4.69, 9.17) is 0 Å². The maximum Gasteiger partial charge on any atom is 0.0689 e. The minimum Gasteiger partial charge on any atom is -0.198 e. The zero-order valence-electron chi connectivity index (χ0n) is 17.9. The number of hydrogen-bond acceptors (Lipinski definition) is 1. The first-order valence-electron chi connectivity index (χ1n) is 12.1. The lowest BCUT2D eigenvalue weighted by molar-refractivity contribution is 0.163. The van der Waals surface area contributed by atoms with E-state index >= 15 is 0 Å². The van der Waals surface area contributed by atoms with Crippen molar-refractivity contribution in [3.05, 3.63) is 0 Å². The molecule has 2 saturated carbocycles. The van der Waals surface area contributed by atoms with Crippen LogP contribution in [0.2, 0.25) is 0 Å². The number of unbranched alkanes of at least 4 members (excludes halogenated alkanes) is 4. The lowest BCUT2D eigenvalue weighted by atomic mass is 9.66. The van der Waals surface area contributed by atoms with Gasteiger partial charge >= 0.3 is 0 Å². The molecule has 0 N–H and O–H groups in total. The average Bonchev–Trinajstić information content (AvgIpc) is 2.70. The Hall–Kier alpha value is -0.510. The van der Waals surface area contributed by atoms with Crippen molar-refractivity contribution in [2.24, 2.45) is 23.2 Å². The summed E-state index contributed by atoms with van der Waals surface area (Å²) in [6.45, 7) is 4.60. The van der Waals surface area contributed by atoms with Gasteiger partial charge in [0.2, 0.25) is 0 Å². The second kappa shape index (κ2) is 12.0. The molecule has 0 atom stereocenters. The molecule has 0 aliphatic heterocycles. The summed E-state index contributed by atoms with van der Waals surface area (Å²) >= 11 is 0. The van der Waals surface area contributed by atoms with Gasteiger partial charge in [0, 0.05) is 0 Å². The maximum atomic E-state index is 9.87. The lowest BCUT2D eigenvalue weighted by Gasteiger charge is -2.37. The summed E-state index contributed by atoms with van der Waals surface area (Å²) in [5.74, 6) is 2.85. The van der Waals surface area contributed by atoms with Gasteiger partial charge in [-0.3, -0.25) is 0 Å². The zero-order chi connectivity index (χ0) is 18.7. The molecule has 0 unspecified atom stereocenters. The van der Waals surface area contributed by atoms with Gasteiger partial charge in [-0.1, -0.05) is 90.9 Å². The lowest BCUT2D eigenvalue weighted by Crippen LogP contribution is -2.27. The van der Waals surface area contributed by atoms with Crippen molar-refractivity contribution >= 4 is 0 Å². The van der Waals surface area contributed by atoms with Gasteiger partial charge < -0.3 is 0 Å². The van der Waals surface area contributed by atoms with Crippen molar-refractivity contribution in [1.82, 2.24) is 0 Å². The minimum atomic E-state index is 0.0414. The van der Waals surface area contributed by atoms with E-state index in [2.05, 4.69) is 19.9 Å². The molecule has 2 aliphatic rings. The Balaban J connectivity index is 1.63. The third-order valence-electron chi connectivity index (χ3n) is 7.73. The fourth-order valence-electron chi connectivity index (χ4n) is 5.58. The predicted octanol–water partition coefficient (Wildman–Crippen LogP) is 8.43. The number of rotatable bonds is 11. The topological polar surface area (TPSA) is 23.8 Å². The highest BCUT2D eigenvalue weighted by Gasteiger charge is 2.35. The van der Waals surface area contributed by atoms with Crippen LogP contribution in [0.5, 0.6) is 0 Å². The molecule has 0 spiro atoms. The van der Waals surface area contributed by atoms with Crippen LogP contribution >= 0.6 is 0 Å². The van der Waals surface area contributed by atoms with Gasteiger partial charge in [0.1, 0.15) is 0 Å². The highest BCUT2D eigenvalue weighted by Crippen LogP contribution is 2.45. The van der Waals surface area contributed by atoms with Gasteiger partial charge in [0.05, 0.1) is 11.5 Å². The summed E-state index contributed by atoms with van der Waals surface area (Å²) < 4.78 is 0. The van der Waals surface area contributed by atoms with E-state index in [1.807, 2.05) is 0 Å². The minimum absolute atomic E-state index is 0.0414. The predicted molar refractivity (Wildman–Crippen MR) is 113 cm³/mol. The summed E-state index contributed by atoms with van der Waals surface area (Å²) in [6, 6.07) is 2.78. The van der Waals surface area contributed by atoms with Crippen LogP contribution < -0.4 is 0 Å². The van der Waals surface area contributed by atoms with E-state index in [9.17, 15) is 5.26 Å². The van der Waals surface area contributed by atoms with Crippen LogP contribution in [0.3, 0.4) is 0 Å². The molecule has 0 bridgehead atoms. The molecule has 0 radical (unpaired) electrons. The average molecular weight is 360 g/mol. The van der Waals surface area contributed by atoms with Crippen molar-refractivity contribution in [2.75, 3.05) is 0 Å². The first-order chi connectivity index (χ1) is 12.7. The molecule has 2 fully saturated rings. The Morgan fingerprint density at radius 2 is 1.23 bits per heavy atom. The van der Waals surface area contributed by atoms with Gasteiger partial charge in [-0.25, -0.2) is 0 Å². The van der Waals surface area contributed by atoms with Crippen LogP contribution in [0.25, 0.3) is 0 Å². The number of hydrogen-bond donors (Lipinski definition) is 0. The van der Waals surface area contributed by atoms with Crippen molar-refractivity contribution in [3.8, 4) is 6.07 Å². The van der Waals surface area contributed by atoms with Crippen LogP contribution in [0.1, 0.15) is 129 Å². The highest BCUT2D eigenvalue weighted by atomic mass is 14.4. The standard InChI is InChI=1S/C25H45N/c1-3-5-7-8-10-22-11-13-24(14-12-22)17-20-25(21-26)18-15-23(16-19-25)9-6-4-2/h22-24H,3-20H2,1-2H3. The van der Waals surface area contributed by atoms with Crippen molar-refractivity contribution in [1.29, 1.82) is 5.26 Å². The Bertz CT molecular complexity index is 391. The van der Waals surface area contributed by atoms with Crippen LogP contribution in [0, 0.1) is 34.5 Å². The van der Waals surface area contributed by atoms with E-state index < -0.39 is 0 Å². The van der Waals surface area contributed by atoms with Crippen molar-refractivity contribution in [2.45, 2.75) is 129 Å². The first-order valence-corrected chi connectivity index (χ1v) is 12.1. The zero-order valence-corrected chi connectivity index (χ0v) is 17.9. The molecule has 1 heteroatoms. The quantitative estimate of drug-likeness (QED) is 0.339. The molecule has 1 nitrogen and oxygen atoms in total. The Morgan fingerprint density at radius 3 is 1.81 bits per heavy atom. The van der Waals surface area contributed by atoms with Crippen molar-refractivity contribution < 1.29 is 0 Å². The third kappa shape index (κ3) is 7.25. The normalized spacial score (nSPS) is 32.3. The smallest absolute Gasteiger partial charge is 0.0689 e. The molecule has 0 aromatic rings. The Labute approximate surface area is 164 Å². The first kappa shape index (κ1) is 21.8. The maximum absolute atomic E-state index is 9.87. The summed E-state index contributed by atoms with van der Waals surface area (Å²) in [6.07, 6.45) is 24.6. The number of nitriles is 1. The van der Waals surface area contributed by atoms with Crippen LogP contribution in [-0.2, 0) is 0 Å². The largest absolute Gasteiger partial charge is 0.198 e. The molecule has 2 rings (SSSR count). The second-order valence-electron chi connectivity index (χ2n) is 9.75. The monoisotopic (exact) mass is 359 g/mol. The molecule has 0 aromatic heterocycles. The van der Waals surface area contributed by atoms with E-state index in [0.29, 0.717) is 0 Å². The molecule has 0 aromatic carbocycles. The van der Waals surface area contributed by atoms with Gasteiger partial charge in [-0.2, -0.15) is 5.26 Å². The van der Waals surface area contributed by atoms with Gasteiger partial charge in [0.25, 0.3) is 0 Å². The van der Waals surface area contributed by atoms with Gasteiger partial charge in [-0.15, -0.1) is 0 Å². The Kier molecular flexibility index (Phi) is 10.1. The fraction of sp³-hybridized carbons (Fsp3) is 0.960. The molecule has 2 aliphatic carbocycles. The SMILES string of the molecule is CCCCCCC1CCC(CCC2(C#N)CCC(CCCC)CC2)CC1. The molecular formula is C25H45N. The molecule has 26 heavy (non-hydrogen) atoms. The molecule has 150 valence electrons. The van der Waals surface area contributed by atoms with E-state index in [1.165, 1.54) is 116 Å². The summed E-state index contributed by atoms with van der Waals surface area (Å²) in [7, 11) is 0. The molecule has 0 amide bonds. The van der Waals surface area contributed by atoms with Gasteiger partial charge in [0.15, 0.2) is 0 Å². The van der Waals surface area contributed by atoms with E-state index in [1.54, 1.807) is 0 Å². The summed E-state index contributed by atoms with van der Waals surface area (Å²) in [4.78, 5) is 0. The summed E-state index contributed by atoms with van der Waals surface area (Å²) in [5, 5.41) is 9.87. The molecule has 0 heterocycles. The van der Waals surface area contributed by atoms with E-state index in [-0.39, 0.29) is 5.41 Å². The van der Waals surface area contributed by atoms with Crippen LogP contribution in [0.15, 0.2) is 0 Å². The summed E-state index contributed by atoms with van der Waals surface area (Å²) in [5.41, 5.74) is 0.0414.